The number of aliphatic hydroxyl groups excluding tert-OH is 1. The fourth-order valence-corrected chi connectivity index (χ4v) is 2.13. The van der Waals surface area contributed by atoms with E-state index in [4.69, 9.17) is 5.11 Å². The number of aromatic nitrogens is 2. The van der Waals surface area contributed by atoms with Gasteiger partial charge in [-0.2, -0.15) is 9.19 Å². The summed E-state index contributed by atoms with van der Waals surface area (Å²) in [5.74, 6) is 0. The van der Waals surface area contributed by atoms with E-state index in [0.29, 0.717) is 5.52 Å². The molecule has 0 bridgehead atoms. The van der Waals surface area contributed by atoms with Crippen LogP contribution in [0, 0.1) is 0 Å². The minimum absolute atomic E-state index is 0.0359. The van der Waals surface area contributed by atoms with Crippen LogP contribution >= 0.6 is 28.3 Å². The molecule has 0 atom stereocenters. The number of benzene rings is 1. The van der Waals surface area contributed by atoms with Crippen molar-refractivity contribution in [3.8, 4) is 0 Å². The zero-order valence-electron chi connectivity index (χ0n) is 8.94. The highest BCUT2D eigenvalue weighted by Gasteiger charge is 2.08. The van der Waals surface area contributed by atoms with Crippen molar-refractivity contribution in [1.29, 1.82) is 0 Å². The summed E-state index contributed by atoms with van der Waals surface area (Å²) in [7, 11) is 0. The maximum Gasteiger partial charge on any atom is 0.188 e. The Morgan fingerprint density at radius 2 is 2.19 bits per heavy atom. The van der Waals surface area contributed by atoms with E-state index in [9.17, 15) is 3.89 Å². The normalized spacial score (nSPS) is 10.1. The van der Waals surface area contributed by atoms with E-state index < -0.39 is 0 Å². The van der Waals surface area contributed by atoms with E-state index in [1.165, 1.54) is 4.09 Å². The van der Waals surface area contributed by atoms with Gasteiger partial charge in [0.2, 0.25) is 0 Å². The molecule has 0 spiro atoms. The summed E-state index contributed by atoms with van der Waals surface area (Å²) >= 11 is 3.32. The summed E-state index contributed by atoms with van der Waals surface area (Å²) < 4.78 is 14.4. The first-order valence-corrected chi connectivity index (χ1v) is 6.29. The fourth-order valence-electron chi connectivity index (χ4n) is 1.32. The minimum atomic E-state index is -0.0847. The molecule has 0 unspecified atom stereocenters. The van der Waals surface area contributed by atoms with Crippen LogP contribution < -0.4 is 0 Å². The Labute approximate surface area is 106 Å². The SMILES string of the molecule is CC.OCc1cc(Br)cc2c1cnn2SF. The monoisotopic (exact) mass is 306 g/mol. The average molecular weight is 307 g/mol. The Balaban J connectivity index is 0.000000606. The zero-order chi connectivity index (χ0) is 12.1. The van der Waals surface area contributed by atoms with Crippen LogP contribution in [0.3, 0.4) is 0 Å². The molecule has 1 aromatic carbocycles. The summed E-state index contributed by atoms with van der Waals surface area (Å²) in [5, 5.41) is 13.7. The molecule has 2 aromatic rings. The summed E-state index contributed by atoms with van der Waals surface area (Å²) in [6.07, 6.45) is 1.54. The first-order valence-electron chi connectivity index (χ1n) is 4.82. The van der Waals surface area contributed by atoms with Crippen LogP contribution in [0.4, 0.5) is 3.89 Å². The number of nitrogens with zero attached hydrogens (tertiary/aromatic N) is 2. The van der Waals surface area contributed by atoms with Crippen molar-refractivity contribution >= 4 is 39.2 Å². The minimum Gasteiger partial charge on any atom is -0.392 e. The lowest BCUT2D eigenvalue weighted by molar-refractivity contribution is 0.283. The van der Waals surface area contributed by atoms with E-state index in [-0.39, 0.29) is 18.9 Å². The molecular weight excluding hydrogens is 295 g/mol. The van der Waals surface area contributed by atoms with Gasteiger partial charge in [0.05, 0.1) is 18.3 Å². The molecule has 1 aromatic heterocycles. The largest absolute Gasteiger partial charge is 0.392 e. The van der Waals surface area contributed by atoms with Crippen molar-refractivity contribution in [2.75, 3.05) is 0 Å². The molecule has 0 aliphatic carbocycles. The quantitative estimate of drug-likeness (QED) is 0.919. The molecule has 88 valence electrons. The van der Waals surface area contributed by atoms with E-state index in [2.05, 4.69) is 21.0 Å². The highest BCUT2D eigenvalue weighted by atomic mass is 79.9. The molecule has 0 saturated carbocycles. The maximum atomic E-state index is 12.4. The molecular formula is C10H12BrFN2OS. The molecule has 0 aliphatic rings. The Morgan fingerprint density at radius 3 is 2.75 bits per heavy atom. The van der Waals surface area contributed by atoms with Gasteiger partial charge < -0.3 is 5.11 Å². The van der Waals surface area contributed by atoms with Gasteiger partial charge >= 0.3 is 0 Å². The van der Waals surface area contributed by atoms with Gasteiger partial charge in [0.15, 0.2) is 12.3 Å². The van der Waals surface area contributed by atoms with Gasteiger partial charge in [-0.15, -0.1) is 3.89 Å². The van der Waals surface area contributed by atoms with E-state index in [0.717, 1.165) is 15.4 Å². The number of hydrogen-bond acceptors (Lipinski definition) is 3. The third-order valence-corrected chi connectivity index (χ3v) is 2.82. The van der Waals surface area contributed by atoms with E-state index in [1.54, 1.807) is 18.3 Å². The summed E-state index contributed by atoms with van der Waals surface area (Å²) in [6.45, 7) is 3.92. The number of halogens is 2. The van der Waals surface area contributed by atoms with Gasteiger partial charge in [-0.3, -0.25) is 0 Å². The molecule has 0 radical (unpaired) electrons. The van der Waals surface area contributed by atoms with Crippen LogP contribution in [0.15, 0.2) is 22.8 Å². The van der Waals surface area contributed by atoms with Crippen LogP contribution in [0.2, 0.25) is 0 Å². The van der Waals surface area contributed by atoms with Crippen molar-refractivity contribution in [3.05, 3.63) is 28.4 Å². The fraction of sp³-hybridized carbons (Fsp3) is 0.300. The Hall–Kier alpha value is -0.590. The van der Waals surface area contributed by atoms with Crippen molar-refractivity contribution in [1.82, 2.24) is 9.19 Å². The van der Waals surface area contributed by atoms with Gasteiger partial charge in [-0.1, -0.05) is 29.8 Å². The molecule has 1 N–H and O–H groups in total. The number of fused-ring (bicyclic) bond motifs is 1. The summed E-state index contributed by atoms with van der Waals surface area (Å²) in [5.41, 5.74) is 1.38. The van der Waals surface area contributed by atoms with Crippen molar-refractivity contribution in [2.24, 2.45) is 0 Å². The average Bonchev–Trinajstić information content (AvgIpc) is 2.73. The van der Waals surface area contributed by atoms with Crippen LogP contribution in [0.5, 0.6) is 0 Å². The highest BCUT2D eigenvalue weighted by molar-refractivity contribution is 9.10. The van der Waals surface area contributed by atoms with Crippen LogP contribution in [-0.2, 0) is 6.61 Å². The molecule has 0 saturated heterocycles. The van der Waals surface area contributed by atoms with E-state index >= 15 is 0 Å². The Kier molecular flexibility index (Phi) is 5.24. The second-order valence-electron chi connectivity index (χ2n) is 2.74. The lowest BCUT2D eigenvalue weighted by atomic mass is 10.1. The van der Waals surface area contributed by atoms with Crippen molar-refractivity contribution in [3.63, 3.8) is 0 Å². The van der Waals surface area contributed by atoms with Gasteiger partial charge in [0, 0.05) is 9.86 Å². The Morgan fingerprint density at radius 1 is 1.50 bits per heavy atom. The smallest absolute Gasteiger partial charge is 0.188 e. The van der Waals surface area contributed by atoms with Gasteiger partial charge in [0.1, 0.15) is 0 Å². The molecule has 1 heterocycles. The molecule has 2 rings (SSSR count). The van der Waals surface area contributed by atoms with Crippen molar-refractivity contribution < 1.29 is 8.99 Å². The van der Waals surface area contributed by atoms with Gasteiger partial charge in [-0.05, 0) is 17.7 Å². The van der Waals surface area contributed by atoms with E-state index in [1.807, 2.05) is 13.8 Å². The van der Waals surface area contributed by atoms with Crippen molar-refractivity contribution in [2.45, 2.75) is 20.5 Å². The Bertz CT molecular complexity index is 475. The van der Waals surface area contributed by atoms with Crippen LogP contribution in [-0.4, -0.2) is 14.3 Å². The second-order valence-corrected chi connectivity index (χ2v) is 4.14. The lowest BCUT2D eigenvalue weighted by Gasteiger charge is -2.00. The standard InChI is InChI=1S/C8H6BrFN2OS.C2H6/c9-6-1-5(4-13)7-3-11-12(14-10)8(7)2-6;1-2/h1-3,13H,4H2;1-2H3. The van der Waals surface area contributed by atoms with Gasteiger partial charge in [-0.25, -0.2) is 0 Å². The third-order valence-electron chi connectivity index (χ3n) is 1.94. The van der Waals surface area contributed by atoms with Gasteiger partial charge in [0.25, 0.3) is 0 Å². The lowest BCUT2D eigenvalue weighted by Crippen LogP contribution is -1.87. The molecule has 16 heavy (non-hydrogen) atoms. The van der Waals surface area contributed by atoms with Crippen LogP contribution in [0.25, 0.3) is 10.9 Å². The molecule has 0 aliphatic heterocycles. The summed E-state index contributed by atoms with van der Waals surface area (Å²) in [6, 6.07) is 3.55. The predicted octanol–water partition coefficient (Wildman–Crippen LogP) is 3.70. The topological polar surface area (TPSA) is 38.1 Å². The second kappa shape index (κ2) is 6.22. The zero-order valence-corrected chi connectivity index (χ0v) is 11.3. The number of aliphatic hydroxyl groups is 1. The number of hydrogen-bond donors (Lipinski definition) is 1. The molecule has 0 amide bonds. The maximum absolute atomic E-state index is 12.4. The number of rotatable bonds is 2. The first kappa shape index (κ1) is 13.5. The molecule has 0 fully saturated rings. The predicted molar refractivity (Wildman–Crippen MR) is 68.8 cm³/mol. The molecule has 6 heteroatoms. The first-order chi connectivity index (χ1) is 7.76. The molecule has 3 nitrogen and oxygen atoms in total. The third kappa shape index (κ3) is 2.56. The highest BCUT2D eigenvalue weighted by Crippen LogP contribution is 2.26. The summed E-state index contributed by atoms with van der Waals surface area (Å²) in [4.78, 5) is 0. The van der Waals surface area contributed by atoms with Crippen LogP contribution in [0.1, 0.15) is 19.4 Å².